The van der Waals surface area contributed by atoms with E-state index in [0.29, 0.717) is 6.42 Å². The van der Waals surface area contributed by atoms with Crippen LogP contribution in [0.15, 0.2) is 72.8 Å². The summed E-state index contributed by atoms with van der Waals surface area (Å²) in [4.78, 5) is 15.1. The molecule has 0 bridgehead atoms. The Morgan fingerprint density at radius 1 is 0.964 bits per heavy atom. The summed E-state index contributed by atoms with van der Waals surface area (Å²) in [6.07, 6.45) is 0.692. The molecule has 3 aromatic rings. The van der Waals surface area contributed by atoms with Crippen molar-refractivity contribution >= 4 is 16.7 Å². The summed E-state index contributed by atoms with van der Waals surface area (Å²) in [6.45, 7) is 5.84. The van der Waals surface area contributed by atoms with E-state index >= 15 is 0 Å². The fourth-order valence-corrected chi connectivity index (χ4v) is 4.23. The quantitative estimate of drug-likeness (QED) is 0.619. The van der Waals surface area contributed by atoms with Crippen molar-refractivity contribution in [2.45, 2.75) is 32.2 Å². The van der Waals surface area contributed by atoms with Crippen LogP contribution in [-0.2, 0) is 16.8 Å². The topological polar surface area (TPSA) is 46.3 Å². The van der Waals surface area contributed by atoms with Gasteiger partial charge in [-0.25, -0.2) is 0 Å². The molecule has 3 aromatic carbocycles. The van der Waals surface area contributed by atoms with Gasteiger partial charge in [-0.2, -0.15) is 0 Å². The number of primary amides is 1. The zero-order chi connectivity index (χ0) is 20.1. The highest BCUT2D eigenvalue weighted by Gasteiger charge is 2.42. The van der Waals surface area contributed by atoms with Crippen molar-refractivity contribution in [1.82, 2.24) is 4.90 Å². The molecule has 3 nitrogen and oxygen atoms in total. The molecule has 0 spiro atoms. The van der Waals surface area contributed by atoms with Crippen LogP contribution in [0.2, 0.25) is 0 Å². The molecule has 2 N–H and O–H groups in total. The van der Waals surface area contributed by atoms with E-state index in [4.69, 9.17) is 5.73 Å². The third kappa shape index (κ3) is 3.95. The minimum absolute atomic E-state index is 0.0981. The standard InChI is InChI=1S/C25H30N2O/c1-19(2)25(24(26)28,16-17-27(3)18-20-10-5-4-6-11-20)23-15-9-13-21-12-7-8-14-22(21)23/h4-15,19H,16-18H2,1-3H3,(H2,26,28). The van der Waals surface area contributed by atoms with Crippen LogP contribution in [0.4, 0.5) is 0 Å². The summed E-state index contributed by atoms with van der Waals surface area (Å²) < 4.78 is 0. The SMILES string of the molecule is CC(C)C(CCN(C)Cc1ccccc1)(C(N)=O)c1cccc2ccccc12. The Morgan fingerprint density at radius 3 is 2.29 bits per heavy atom. The molecular formula is C25H30N2O. The number of nitrogens with two attached hydrogens (primary N) is 1. The number of amides is 1. The van der Waals surface area contributed by atoms with E-state index in [9.17, 15) is 4.79 Å². The van der Waals surface area contributed by atoms with E-state index in [1.54, 1.807) is 0 Å². The number of carbonyl (C=O) groups is 1. The monoisotopic (exact) mass is 374 g/mol. The van der Waals surface area contributed by atoms with Crippen molar-refractivity contribution in [2.24, 2.45) is 11.7 Å². The molecule has 0 fully saturated rings. The highest BCUT2D eigenvalue weighted by molar-refractivity contribution is 5.95. The molecule has 0 aliphatic carbocycles. The molecule has 3 rings (SSSR count). The van der Waals surface area contributed by atoms with Gasteiger partial charge in [0.05, 0.1) is 5.41 Å². The predicted molar refractivity (Wildman–Crippen MR) is 117 cm³/mol. The first-order valence-corrected chi connectivity index (χ1v) is 9.96. The van der Waals surface area contributed by atoms with Crippen molar-refractivity contribution in [3.8, 4) is 0 Å². The fraction of sp³-hybridized carbons (Fsp3) is 0.320. The number of hydrogen-bond donors (Lipinski definition) is 1. The molecule has 0 saturated heterocycles. The van der Waals surface area contributed by atoms with E-state index in [0.717, 1.165) is 29.4 Å². The first-order chi connectivity index (χ1) is 13.4. The largest absolute Gasteiger partial charge is 0.369 e. The summed E-state index contributed by atoms with van der Waals surface area (Å²) >= 11 is 0. The predicted octanol–water partition coefficient (Wildman–Crippen LogP) is 4.74. The third-order valence-corrected chi connectivity index (χ3v) is 5.88. The summed E-state index contributed by atoms with van der Waals surface area (Å²) in [7, 11) is 2.10. The maximum absolute atomic E-state index is 12.9. The van der Waals surface area contributed by atoms with Crippen molar-refractivity contribution in [3.63, 3.8) is 0 Å². The summed E-state index contributed by atoms with van der Waals surface area (Å²) in [5.74, 6) is -0.145. The first-order valence-electron chi connectivity index (χ1n) is 9.96. The Kier molecular flexibility index (Phi) is 6.15. The Balaban J connectivity index is 1.93. The highest BCUT2D eigenvalue weighted by Crippen LogP contribution is 2.39. The maximum atomic E-state index is 12.9. The lowest BCUT2D eigenvalue weighted by molar-refractivity contribution is -0.125. The van der Waals surface area contributed by atoms with Crippen molar-refractivity contribution < 1.29 is 4.79 Å². The first kappa shape index (κ1) is 20.1. The van der Waals surface area contributed by atoms with Crippen LogP contribution in [0, 0.1) is 5.92 Å². The van der Waals surface area contributed by atoms with Crippen LogP contribution in [0.25, 0.3) is 10.8 Å². The van der Waals surface area contributed by atoms with Gasteiger partial charge in [0.1, 0.15) is 0 Å². The molecule has 0 radical (unpaired) electrons. The molecule has 0 aliphatic heterocycles. The molecule has 28 heavy (non-hydrogen) atoms. The van der Waals surface area contributed by atoms with Gasteiger partial charge in [0.25, 0.3) is 0 Å². The molecule has 0 aliphatic rings. The van der Waals surface area contributed by atoms with Crippen molar-refractivity contribution in [2.75, 3.05) is 13.6 Å². The normalized spacial score (nSPS) is 13.8. The Labute approximate surface area is 168 Å². The highest BCUT2D eigenvalue weighted by atomic mass is 16.1. The van der Waals surface area contributed by atoms with E-state index < -0.39 is 5.41 Å². The Bertz CT molecular complexity index is 930. The Hall–Kier alpha value is -2.65. The average Bonchev–Trinajstić information content (AvgIpc) is 2.69. The van der Waals surface area contributed by atoms with Gasteiger partial charge >= 0.3 is 0 Å². The summed E-state index contributed by atoms with van der Waals surface area (Å²) in [6, 6.07) is 24.8. The molecule has 3 heteroatoms. The second kappa shape index (κ2) is 8.57. The molecule has 1 unspecified atom stereocenters. The number of nitrogens with zero attached hydrogens (tertiary/aromatic N) is 1. The van der Waals surface area contributed by atoms with Crippen LogP contribution in [-0.4, -0.2) is 24.4 Å². The van der Waals surface area contributed by atoms with Gasteiger partial charge in [-0.05, 0) is 47.8 Å². The number of rotatable bonds is 8. The van der Waals surface area contributed by atoms with E-state index in [2.05, 4.69) is 74.3 Å². The van der Waals surface area contributed by atoms with Gasteiger partial charge in [0, 0.05) is 6.54 Å². The van der Waals surface area contributed by atoms with Crippen molar-refractivity contribution in [1.29, 1.82) is 0 Å². The minimum atomic E-state index is -0.703. The van der Waals surface area contributed by atoms with Crippen LogP contribution >= 0.6 is 0 Å². The van der Waals surface area contributed by atoms with Gasteiger partial charge < -0.3 is 10.6 Å². The van der Waals surface area contributed by atoms with Crippen molar-refractivity contribution in [3.05, 3.63) is 83.9 Å². The minimum Gasteiger partial charge on any atom is -0.369 e. The second-order valence-corrected chi connectivity index (χ2v) is 7.99. The van der Waals surface area contributed by atoms with Crippen LogP contribution < -0.4 is 5.73 Å². The third-order valence-electron chi connectivity index (χ3n) is 5.88. The van der Waals surface area contributed by atoms with Gasteiger partial charge in [0.2, 0.25) is 5.91 Å². The molecular weight excluding hydrogens is 344 g/mol. The van der Waals surface area contributed by atoms with Gasteiger partial charge in [-0.3, -0.25) is 4.79 Å². The lowest BCUT2D eigenvalue weighted by Crippen LogP contribution is -2.47. The lowest BCUT2D eigenvalue weighted by Gasteiger charge is -2.37. The fourth-order valence-electron chi connectivity index (χ4n) is 4.23. The smallest absolute Gasteiger partial charge is 0.228 e. The number of hydrogen-bond acceptors (Lipinski definition) is 2. The lowest BCUT2D eigenvalue weighted by atomic mass is 9.67. The molecule has 0 aromatic heterocycles. The molecule has 0 saturated carbocycles. The van der Waals surface area contributed by atoms with Gasteiger partial charge in [-0.15, -0.1) is 0 Å². The van der Waals surface area contributed by atoms with E-state index in [1.165, 1.54) is 5.56 Å². The number of fused-ring (bicyclic) bond motifs is 1. The van der Waals surface area contributed by atoms with Crippen LogP contribution in [0.5, 0.6) is 0 Å². The maximum Gasteiger partial charge on any atom is 0.228 e. The summed E-state index contributed by atoms with van der Waals surface area (Å²) in [5.41, 5.74) is 7.69. The number of carbonyl (C=O) groups excluding carboxylic acids is 1. The zero-order valence-corrected chi connectivity index (χ0v) is 17.1. The van der Waals surface area contributed by atoms with Crippen LogP contribution in [0.1, 0.15) is 31.4 Å². The zero-order valence-electron chi connectivity index (χ0n) is 17.1. The molecule has 1 atom stereocenters. The Morgan fingerprint density at radius 2 is 1.61 bits per heavy atom. The average molecular weight is 375 g/mol. The van der Waals surface area contributed by atoms with Crippen LogP contribution in [0.3, 0.4) is 0 Å². The molecule has 1 amide bonds. The summed E-state index contributed by atoms with van der Waals surface area (Å²) in [5, 5.41) is 2.26. The molecule has 146 valence electrons. The second-order valence-electron chi connectivity index (χ2n) is 7.99. The van der Waals surface area contributed by atoms with Gasteiger partial charge in [-0.1, -0.05) is 86.6 Å². The van der Waals surface area contributed by atoms with E-state index in [-0.39, 0.29) is 11.8 Å². The van der Waals surface area contributed by atoms with E-state index in [1.807, 2.05) is 24.3 Å². The van der Waals surface area contributed by atoms with Gasteiger partial charge in [0.15, 0.2) is 0 Å². The molecule has 0 heterocycles. The number of benzene rings is 3.